The number of carbonyl (C=O) groups is 1. The Hall–Kier alpha value is -4.23. The number of ether oxygens (including phenoxy) is 2. The summed E-state index contributed by atoms with van der Waals surface area (Å²) in [5.41, 5.74) is 2.54. The molecule has 3 aromatic heterocycles. The Kier molecular flexibility index (Phi) is 7.22. The molecule has 5 heterocycles. The summed E-state index contributed by atoms with van der Waals surface area (Å²) >= 11 is 0. The molecule has 0 saturated heterocycles. The first-order chi connectivity index (χ1) is 19.8. The Balaban J connectivity index is 1.22. The Morgan fingerprint density at radius 1 is 1.15 bits per heavy atom. The normalized spacial score (nSPS) is 16.1. The Morgan fingerprint density at radius 3 is 2.88 bits per heavy atom. The highest BCUT2D eigenvalue weighted by molar-refractivity contribution is 7.91. The minimum absolute atomic E-state index is 0.0933. The molecule has 212 valence electrons. The number of fused-ring (bicyclic) bond motifs is 3. The van der Waals surface area contributed by atoms with Gasteiger partial charge in [0.25, 0.3) is 5.91 Å². The topological polar surface area (TPSA) is 124 Å². The smallest absolute Gasteiger partial charge is 0.387 e. The van der Waals surface area contributed by atoms with Gasteiger partial charge in [-0.1, -0.05) is 6.07 Å². The van der Waals surface area contributed by atoms with Crippen LogP contribution >= 0.6 is 0 Å². The number of rotatable bonds is 6. The van der Waals surface area contributed by atoms with Gasteiger partial charge in [-0.15, -0.1) is 0 Å². The van der Waals surface area contributed by atoms with Crippen molar-refractivity contribution in [2.75, 3.05) is 23.8 Å². The first-order valence-electron chi connectivity index (χ1n) is 13.0. The van der Waals surface area contributed by atoms with E-state index < -0.39 is 22.4 Å². The zero-order valence-corrected chi connectivity index (χ0v) is 22.5. The van der Waals surface area contributed by atoms with E-state index in [1.165, 1.54) is 18.3 Å². The minimum Gasteiger partial charge on any atom is -0.434 e. The first-order valence-corrected chi connectivity index (χ1v) is 14.6. The Morgan fingerprint density at radius 2 is 2.02 bits per heavy atom. The lowest BCUT2D eigenvalue weighted by Gasteiger charge is -2.30. The summed E-state index contributed by atoms with van der Waals surface area (Å²) in [6.45, 7) is -1.95. The minimum atomic E-state index is -3.54. The lowest BCUT2D eigenvalue weighted by atomic mass is 10.0. The maximum atomic E-state index is 12.9. The summed E-state index contributed by atoms with van der Waals surface area (Å²) in [4.78, 5) is 28.5. The fraction of sp³-hybridized carbons (Fsp3) is 0.286. The van der Waals surface area contributed by atoms with E-state index in [0.29, 0.717) is 53.4 Å². The van der Waals surface area contributed by atoms with Gasteiger partial charge in [-0.05, 0) is 54.8 Å². The number of sulfone groups is 1. The number of hydrogen-bond acceptors (Lipinski definition) is 9. The van der Waals surface area contributed by atoms with Gasteiger partial charge < -0.3 is 19.7 Å². The van der Waals surface area contributed by atoms with Gasteiger partial charge in [0.2, 0.25) is 0 Å². The van der Waals surface area contributed by atoms with Crippen LogP contribution in [0.3, 0.4) is 0 Å². The molecule has 0 aliphatic carbocycles. The van der Waals surface area contributed by atoms with Crippen molar-refractivity contribution in [3.63, 3.8) is 0 Å². The predicted molar refractivity (Wildman–Crippen MR) is 145 cm³/mol. The largest absolute Gasteiger partial charge is 0.434 e. The molecule has 1 amide bonds. The van der Waals surface area contributed by atoms with Crippen LogP contribution in [0.25, 0.3) is 10.9 Å². The van der Waals surface area contributed by atoms with Crippen molar-refractivity contribution in [2.24, 2.45) is 0 Å². The number of alkyl halides is 2. The van der Waals surface area contributed by atoms with Crippen molar-refractivity contribution in [2.45, 2.75) is 37.5 Å². The van der Waals surface area contributed by atoms with Crippen molar-refractivity contribution in [1.82, 2.24) is 20.3 Å². The number of nitrogens with one attached hydrogen (secondary N) is 1. The average molecular weight is 582 g/mol. The number of nitrogens with zero attached hydrogens (tertiary/aromatic N) is 4. The lowest BCUT2D eigenvalue weighted by molar-refractivity contribution is -0.0505. The van der Waals surface area contributed by atoms with Gasteiger partial charge in [-0.2, -0.15) is 8.78 Å². The maximum absolute atomic E-state index is 12.9. The van der Waals surface area contributed by atoms with Crippen molar-refractivity contribution in [3.8, 4) is 5.75 Å². The summed E-state index contributed by atoms with van der Waals surface area (Å²) in [7, 11) is -3.54. The molecule has 1 N–H and O–H groups in total. The maximum Gasteiger partial charge on any atom is 0.387 e. The summed E-state index contributed by atoms with van der Waals surface area (Å²) in [5.74, 6) is 0.659. The predicted octanol–water partition coefficient (Wildman–Crippen LogP) is 3.94. The molecular formula is C28H25F2N5O5S. The van der Waals surface area contributed by atoms with Crippen molar-refractivity contribution < 1.29 is 31.5 Å². The van der Waals surface area contributed by atoms with Crippen LogP contribution in [0.5, 0.6) is 5.75 Å². The second-order valence-corrected chi connectivity index (χ2v) is 11.7. The molecule has 0 saturated carbocycles. The number of halogens is 2. The van der Waals surface area contributed by atoms with Crippen LogP contribution in [-0.4, -0.2) is 54.8 Å². The molecule has 4 aromatic rings. The second-order valence-electron chi connectivity index (χ2n) is 9.66. The van der Waals surface area contributed by atoms with Crippen LogP contribution in [-0.2, 0) is 34.1 Å². The van der Waals surface area contributed by atoms with E-state index in [9.17, 15) is 22.0 Å². The van der Waals surface area contributed by atoms with E-state index in [2.05, 4.69) is 15.3 Å². The Bertz CT molecular complexity index is 1750. The standard InChI is InChI=1S/C28H25F2N5O5S/c29-28(30)40-23-7-8-31-26-21(23)2-1-9-35(26)25-6-5-18-14-32-20(13-22(18)34-25)15-33-27(36)17-3-4-19-16-39-10-11-41(37,38)24(19)12-17/h3-8,12-14,28H,1-2,9-11,15-16H2,(H,33,36). The second kappa shape index (κ2) is 11.0. The van der Waals surface area contributed by atoms with E-state index in [-0.39, 0.29) is 41.7 Å². The van der Waals surface area contributed by atoms with Gasteiger partial charge >= 0.3 is 6.61 Å². The van der Waals surface area contributed by atoms with Gasteiger partial charge in [0.05, 0.1) is 41.6 Å². The quantitative estimate of drug-likeness (QED) is 0.361. The highest BCUT2D eigenvalue weighted by Gasteiger charge is 2.26. The number of hydrogen-bond donors (Lipinski definition) is 1. The summed E-state index contributed by atoms with van der Waals surface area (Å²) < 4.78 is 61.0. The summed E-state index contributed by atoms with van der Waals surface area (Å²) in [5, 5.41) is 3.57. The molecule has 0 radical (unpaired) electrons. The summed E-state index contributed by atoms with van der Waals surface area (Å²) in [6, 6.07) is 11.4. The van der Waals surface area contributed by atoms with Crippen LogP contribution in [0.15, 0.2) is 59.8 Å². The molecule has 0 atom stereocenters. The zero-order chi connectivity index (χ0) is 28.6. The number of aromatic nitrogens is 3. The number of amides is 1. The van der Waals surface area contributed by atoms with Crippen LogP contribution in [0.4, 0.5) is 20.4 Å². The molecule has 10 nitrogen and oxygen atoms in total. The van der Waals surface area contributed by atoms with Crippen molar-refractivity contribution in [3.05, 3.63) is 77.2 Å². The number of benzene rings is 1. The SMILES string of the molecule is O=C(NCc1cc2nc(N3CCCc4c(OC(F)F)ccnc43)ccc2cn1)c1ccc2c(c1)S(=O)(=O)CCOC2. The van der Waals surface area contributed by atoms with Gasteiger partial charge in [0, 0.05) is 35.5 Å². The average Bonchev–Trinajstić information content (AvgIpc) is 3.12. The van der Waals surface area contributed by atoms with E-state index in [1.807, 2.05) is 17.0 Å². The van der Waals surface area contributed by atoms with Gasteiger partial charge in [-0.25, -0.2) is 18.4 Å². The molecule has 6 rings (SSSR count). The van der Waals surface area contributed by atoms with E-state index >= 15 is 0 Å². The molecule has 0 spiro atoms. The molecule has 2 aliphatic rings. The molecule has 0 fully saturated rings. The van der Waals surface area contributed by atoms with E-state index in [4.69, 9.17) is 14.5 Å². The fourth-order valence-electron chi connectivity index (χ4n) is 5.01. The van der Waals surface area contributed by atoms with Crippen molar-refractivity contribution >= 4 is 38.3 Å². The zero-order valence-electron chi connectivity index (χ0n) is 21.7. The third kappa shape index (κ3) is 5.55. The molecule has 0 unspecified atom stereocenters. The lowest BCUT2D eigenvalue weighted by Crippen LogP contribution is -2.27. The monoisotopic (exact) mass is 581 g/mol. The molecule has 41 heavy (non-hydrogen) atoms. The number of carbonyl (C=O) groups excluding carboxylic acids is 1. The van der Waals surface area contributed by atoms with E-state index in [0.717, 1.165) is 5.39 Å². The molecule has 2 aliphatic heterocycles. The Labute approximate surface area is 234 Å². The third-order valence-corrected chi connectivity index (χ3v) is 8.77. The van der Waals surface area contributed by atoms with Crippen LogP contribution < -0.4 is 15.0 Å². The van der Waals surface area contributed by atoms with E-state index in [1.54, 1.807) is 24.4 Å². The van der Waals surface area contributed by atoms with Crippen LogP contribution in [0.1, 0.15) is 33.6 Å². The van der Waals surface area contributed by atoms with Crippen molar-refractivity contribution in [1.29, 1.82) is 0 Å². The van der Waals surface area contributed by atoms with Crippen LogP contribution in [0, 0.1) is 0 Å². The first kappa shape index (κ1) is 27.0. The van der Waals surface area contributed by atoms with Gasteiger partial charge in [0.1, 0.15) is 17.4 Å². The van der Waals surface area contributed by atoms with Crippen LogP contribution in [0.2, 0.25) is 0 Å². The fourth-order valence-corrected chi connectivity index (χ4v) is 6.40. The highest BCUT2D eigenvalue weighted by atomic mass is 32.2. The molecule has 0 bridgehead atoms. The number of anilines is 2. The van der Waals surface area contributed by atoms with Gasteiger partial charge in [-0.3, -0.25) is 9.78 Å². The molecular weight excluding hydrogens is 556 g/mol. The number of pyridine rings is 3. The van der Waals surface area contributed by atoms with Gasteiger partial charge in [0.15, 0.2) is 9.84 Å². The summed E-state index contributed by atoms with van der Waals surface area (Å²) in [6.07, 6.45) is 4.36. The highest BCUT2D eigenvalue weighted by Crippen LogP contribution is 2.37. The molecule has 13 heteroatoms. The third-order valence-electron chi connectivity index (χ3n) is 7.01. The molecule has 1 aromatic carbocycles.